The highest BCUT2D eigenvalue weighted by atomic mass is 32.2. The van der Waals surface area contributed by atoms with Gasteiger partial charge >= 0.3 is 0 Å². The molecule has 1 fully saturated rings. The first-order chi connectivity index (χ1) is 18.2. The van der Waals surface area contributed by atoms with Crippen molar-refractivity contribution >= 4 is 27.4 Å². The van der Waals surface area contributed by atoms with Crippen LogP contribution in [-0.2, 0) is 44.5 Å². The smallest absolute Gasteiger partial charge is 0.270 e. The van der Waals surface area contributed by atoms with Crippen LogP contribution < -0.4 is 10.0 Å². The van der Waals surface area contributed by atoms with Gasteiger partial charge in [0, 0.05) is 24.7 Å². The molecule has 1 aliphatic heterocycles. The quantitative estimate of drug-likeness (QED) is 0.373. The number of aryl methyl sites for hydroxylation is 3. The first-order valence-electron chi connectivity index (χ1n) is 13.6. The van der Waals surface area contributed by atoms with E-state index in [4.69, 9.17) is 0 Å². The molecule has 0 bridgehead atoms. The fourth-order valence-corrected chi connectivity index (χ4v) is 6.71. The van der Waals surface area contributed by atoms with Gasteiger partial charge in [-0.25, -0.2) is 13.1 Å². The van der Waals surface area contributed by atoms with Gasteiger partial charge in [0.15, 0.2) is 0 Å². The molecule has 2 heterocycles. The summed E-state index contributed by atoms with van der Waals surface area (Å²) >= 11 is 0. The Morgan fingerprint density at radius 2 is 1.97 bits per heavy atom. The molecule has 8 nitrogen and oxygen atoms in total. The Bertz CT molecular complexity index is 1420. The number of allylic oxidation sites excluding steroid dienone is 2. The number of sulfonamides is 1. The van der Waals surface area contributed by atoms with Crippen LogP contribution in [0, 0.1) is 0 Å². The van der Waals surface area contributed by atoms with Crippen molar-refractivity contribution in [3.05, 3.63) is 70.6 Å². The second-order valence-electron chi connectivity index (χ2n) is 10.8. The standard InChI is InChI=1S/C29H36N4O4S/c1-3-4-5-8-15-33-19-23(18-30-33)29(2)17-25(22-12-11-20-9-6-7-10-21(20)16-22)26(27(34)31-29)28(35)32-38(36,37)24-13-14-24/h4-5,11-12,16,18-19,24H,3,6-10,13-15,17H2,1-2H3,(H,31,34)(H,32,35)/b5-4+. The first-order valence-corrected chi connectivity index (χ1v) is 15.2. The van der Waals surface area contributed by atoms with Crippen LogP contribution in [0.2, 0.25) is 0 Å². The van der Waals surface area contributed by atoms with Crippen molar-refractivity contribution in [3.8, 4) is 0 Å². The van der Waals surface area contributed by atoms with Crippen LogP contribution in [0.25, 0.3) is 5.57 Å². The van der Waals surface area contributed by atoms with Crippen LogP contribution in [0.5, 0.6) is 0 Å². The van der Waals surface area contributed by atoms with Gasteiger partial charge < -0.3 is 5.32 Å². The van der Waals surface area contributed by atoms with Gasteiger partial charge in [0.2, 0.25) is 10.0 Å². The molecule has 5 rings (SSSR count). The molecule has 3 aliphatic rings. The lowest BCUT2D eigenvalue weighted by Gasteiger charge is -2.36. The zero-order chi connectivity index (χ0) is 26.9. The second-order valence-corrected chi connectivity index (χ2v) is 12.8. The number of nitrogens with one attached hydrogen (secondary N) is 2. The third-order valence-corrected chi connectivity index (χ3v) is 9.59. The molecule has 2 N–H and O–H groups in total. The van der Waals surface area contributed by atoms with E-state index in [-0.39, 0.29) is 5.57 Å². The first kappa shape index (κ1) is 26.4. The van der Waals surface area contributed by atoms with Gasteiger partial charge in [-0.1, -0.05) is 37.3 Å². The molecule has 1 saturated carbocycles. The molecule has 2 aliphatic carbocycles. The highest BCUT2D eigenvalue weighted by molar-refractivity contribution is 7.91. The second kappa shape index (κ2) is 10.5. The monoisotopic (exact) mass is 536 g/mol. The summed E-state index contributed by atoms with van der Waals surface area (Å²) in [5, 5.41) is 6.94. The number of benzene rings is 1. The molecular weight excluding hydrogens is 500 g/mol. The van der Waals surface area contributed by atoms with Crippen LogP contribution in [0.1, 0.15) is 81.0 Å². The van der Waals surface area contributed by atoms with Gasteiger partial charge in [-0.05, 0) is 80.6 Å². The number of aromatic nitrogens is 2. The van der Waals surface area contributed by atoms with Crippen molar-refractivity contribution in [2.75, 3.05) is 0 Å². The predicted molar refractivity (Wildman–Crippen MR) is 146 cm³/mol. The largest absolute Gasteiger partial charge is 0.342 e. The number of hydrogen-bond acceptors (Lipinski definition) is 5. The molecule has 38 heavy (non-hydrogen) atoms. The number of carbonyl (C=O) groups excluding carboxylic acids is 2. The van der Waals surface area contributed by atoms with E-state index in [0.717, 1.165) is 56.2 Å². The van der Waals surface area contributed by atoms with Gasteiger partial charge in [0.1, 0.15) is 5.57 Å². The van der Waals surface area contributed by atoms with Crippen LogP contribution in [0.15, 0.2) is 48.3 Å². The molecule has 1 atom stereocenters. The van der Waals surface area contributed by atoms with Crippen molar-refractivity contribution in [1.29, 1.82) is 0 Å². The Morgan fingerprint density at radius 3 is 2.71 bits per heavy atom. The number of carbonyl (C=O) groups is 2. The summed E-state index contributed by atoms with van der Waals surface area (Å²) in [7, 11) is -3.80. The third kappa shape index (κ3) is 5.48. The molecule has 202 valence electrons. The van der Waals surface area contributed by atoms with Gasteiger partial charge in [-0.15, -0.1) is 0 Å². The minimum atomic E-state index is -3.80. The Labute approximate surface area is 224 Å². The van der Waals surface area contributed by atoms with Gasteiger partial charge in [0.25, 0.3) is 11.8 Å². The molecule has 1 aromatic carbocycles. The number of hydrogen-bond donors (Lipinski definition) is 2. The van der Waals surface area contributed by atoms with E-state index in [1.165, 1.54) is 11.1 Å². The van der Waals surface area contributed by atoms with Gasteiger partial charge in [-0.3, -0.25) is 14.3 Å². The third-order valence-electron chi connectivity index (χ3n) is 7.77. The van der Waals surface area contributed by atoms with E-state index in [2.05, 4.69) is 46.3 Å². The summed E-state index contributed by atoms with van der Waals surface area (Å²) in [6.07, 6.45) is 15.4. The molecule has 2 aromatic rings. The maximum atomic E-state index is 13.6. The number of rotatable bonds is 9. The topological polar surface area (TPSA) is 110 Å². The molecule has 0 saturated heterocycles. The van der Waals surface area contributed by atoms with E-state index in [1.807, 2.05) is 23.9 Å². The van der Waals surface area contributed by atoms with Crippen LogP contribution in [-0.4, -0.2) is 35.3 Å². The lowest BCUT2D eigenvalue weighted by molar-refractivity contribution is -0.124. The Balaban J connectivity index is 1.51. The minimum Gasteiger partial charge on any atom is -0.342 e. The SMILES string of the molecule is CC/C=C/CCn1cc(C2(C)CC(c3ccc4c(c3)CCCC4)=C(C(=O)NS(=O)(=O)C3CC3)C(=O)N2)cn1. The molecule has 1 aromatic heterocycles. The molecular formula is C29H36N4O4S. The number of fused-ring (bicyclic) bond motifs is 1. The Morgan fingerprint density at radius 1 is 1.21 bits per heavy atom. The van der Waals surface area contributed by atoms with Crippen molar-refractivity contribution in [2.45, 2.75) is 89.0 Å². The molecule has 1 unspecified atom stereocenters. The van der Waals surface area contributed by atoms with E-state index < -0.39 is 32.6 Å². The maximum absolute atomic E-state index is 13.6. The van der Waals surface area contributed by atoms with Gasteiger partial charge in [-0.2, -0.15) is 5.10 Å². The lowest BCUT2D eigenvalue weighted by Crippen LogP contribution is -2.50. The van der Waals surface area contributed by atoms with Crippen LogP contribution in [0.4, 0.5) is 0 Å². The Kier molecular flexibility index (Phi) is 7.31. The fraction of sp³-hybridized carbons (Fsp3) is 0.483. The van der Waals surface area contributed by atoms with Crippen molar-refractivity contribution in [3.63, 3.8) is 0 Å². The van der Waals surface area contributed by atoms with E-state index >= 15 is 0 Å². The van der Waals surface area contributed by atoms with E-state index in [9.17, 15) is 18.0 Å². The normalized spacial score (nSPS) is 21.9. The van der Waals surface area contributed by atoms with Crippen molar-refractivity contribution < 1.29 is 18.0 Å². The summed E-state index contributed by atoms with van der Waals surface area (Å²) in [6.45, 7) is 4.75. The van der Waals surface area contributed by atoms with Crippen molar-refractivity contribution in [1.82, 2.24) is 19.8 Å². The highest BCUT2D eigenvalue weighted by Gasteiger charge is 2.43. The summed E-state index contributed by atoms with van der Waals surface area (Å²) in [6, 6.07) is 6.12. The lowest BCUT2D eigenvalue weighted by atomic mass is 9.78. The fourth-order valence-electron chi connectivity index (χ4n) is 5.42. The zero-order valence-corrected chi connectivity index (χ0v) is 22.9. The van der Waals surface area contributed by atoms with E-state index in [0.29, 0.717) is 24.8 Å². The molecule has 0 radical (unpaired) electrons. The molecule has 9 heteroatoms. The predicted octanol–water partition coefficient (Wildman–Crippen LogP) is 3.92. The summed E-state index contributed by atoms with van der Waals surface area (Å²) < 4.78 is 29.2. The number of amides is 2. The summed E-state index contributed by atoms with van der Waals surface area (Å²) in [5.74, 6) is -1.43. The van der Waals surface area contributed by atoms with Gasteiger partial charge in [0.05, 0.1) is 17.0 Å². The van der Waals surface area contributed by atoms with Crippen LogP contribution in [0.3, 0.4) is 0 Å². The average Bonchev–Trinajstić information content (AvgIpc) is 3.64. The zero-order valence-electron chi connectivity index (χ0n) is 22.1. The summed E-state index contributed by atoms with van der Waals surface area (Å²) in [5.41, 5.74) is 3.78. The molecule has 0 spiro atoms. The summed E-state index contributed by atoms with van der Waals surface area (Å²) in [4.78, 5) is 26.9. The van der Waals surface area contributed by atoms with Crippen molar-refractivity contribution in [2.24, 2.45) is 0 Å². The average molecular weight is 537 g/mol. The maximum Gasteiger partial charge on any atom is 0.270 e. The number of nitrogens with zero attached hydrogens (tertiary/aromatic N) is 2. The minimum absolute atomic E-state index is 0.125. The highest BCUT2D eigenvalue weighted by Crippen LogP contribution is 2.40. The van der Waals surface area contributed by atoms with E-state index in [1.54, 1.807) is 6.20 Å². The Hall–Kier alpha value is -3.20. The molecule has 2 amide bonds. The van der Waals surface area contributed by atoms with Crippen LogP contribution >= 0.6 is 0 Å².